The maximum Gasteiger partial charge on any atom is 0.408 e. The number of benzene rings is 1. The largest absolute Gasteiger partial charge is 0.468 e. The number of esters is 1. The zero-order valence-electron chi connectivity index (χ0n) is 20.4. The van der Waals surface area contributed by atoms with Gasteiger partial charge in [-0.1, -0.05) is 18.2 Å². The molecule has 0 aromatic heterocycles. The van der Waals surface area contributed by atoms with Gasteiger partial charge in [0.25, 0.3) is 0 Å². The van der Waals surface area contributed by atoms with Gasteiger partial charge in [-0.25, -0.2) is 4.79 Å². The monoisotopic (exact) mass is 465 g/mol. The average molecular weight is 466 g/mol. The molecule has 184 valence electrons. The highest BCUT2D eigenvalue weighted by atomic mass is 16.6. The molecule has 10 heteroatoms. The third-order valence-electron chi connectivity index (χ3n) is 4.84. The van der Waals surface area contributed by atoms with Crippen molar-refractivity contribution in [3.8, 4) is 0 Å². The summed E-state index contributed by atoms with van der Waals surface area (Å²) >= 11 is 0. The number of hydrogen-bond acceptors (Lipinski definition) is 7. The highest BCUT2D eigenvalue weighted by Gasteiger charge is 2.35. The van der Waals surface area contributed by atoms with E-state index in [0.717, 1.165) is 11.1 Å². The van der Waals surface area contributed by atoms with Gasteiger partial charge in [0.15, 0.2) is 0 Å². The van der Waals surface area contributed by atoms with Crippen molar-refractivity contribution < 1.29 is 33.8 Å². The molecule has 3 amide bonds. The van der Waals surface area contributed by atoms with Gasteiger partial charge in [-0.05, 0) is 58.2 Å². The average Bonchev–Trinajstić information content (AvgIpc) is 2.74. The molecule has 1 aromatic carbocycles. The zero-order valence-corrected chi connectivity index (χ0v) is 20.4. The first-order valence-corrected chi connectivity index (χ1v) is 10.7. The lowest BCUT2D eigenvalue weighted by Gasteiger charge is -2.33. The van der Waals surface area contributed by atoms with Crippen molar-refractivity contribution in [1.29, 1.82) is 0 Å². The molecule has 0 spiro atoms. The number of alkyl carbamates (subject to hydrolysis) is 1. The van der Waals surface area contributed by atoms with Gasteiger partial charge in [0, 0.05) is 6.54 Å². The third kappa shape index (κ3) is 8.38. The summed E-state index contributed by atoms with van der Waals surface area (Å²) in [6, 6.07) is 2.88. The van der Waals surface area contributed by atoms with Crippen molar-refractivity contribution >= 4 is 23.9 Å². The summed E-state index contributed by atoms with van der Waals surface area (Å²) in [7, 11) is 1.20. The smallest absolute Gasteiger partial charge is 0.408 e. The molecule has 1 rings (SSSR count). The molecule has 1 aromatic rings. The first-order chi connectivity index (χ1) is 15.3. The molecule has 0 aliphatic carbocycles. The Balaban J connectivity index is 3.29. The van der Waals surface area contributed by atoms with E-state index in [9.17, 15) is 24.3 Å². The molecule has 0 radical (unpaired) electrons. The molecule has 0 aliphatic heterocycles. The predicted molar refractivity (Wildman–Crippen MR) is 121 cm³/mol. The van der Waals surface area contributed by atoms with Crippen LogP contribution < -0.4 is 10.6 Å². The summed E-state index contributed by atoms with van der Waals surface area (Å²) in [6.45, 7) is 9.49. The summed E-state index contributed by atoms with van der Waals surface area (Å²) < 4.78 is 9.74. The van der Waals surface area contributed by atoms with E-state index in [2.05, 4.69) is 15.4 Å². The van der Waals surface area contributed by atoms with E-state index in [1.54, 1.807) is 39.8 Å². The van der Waals surface area contributed by atoms with Gasteiger partial charge in [-0.3, -0.25) is 14.4 Å². The number of carbonyl (C=O) groups is 4. The lowest BCUT2D eigenvalue weighted by Crippen LogP contribution is -2.54. The van der Waals surface area contributed by atoms with Crippen LogP contribution in [0.5, 0.6) is 0 Å². The Bertz CT molecular complexity index is 864. The minimum Gasteiger partial charge on any atom is -0.468 e. The number of aliphatic hydroxyl groups is 1. The molecule has 0 saturated carbocycles. The van der Waals surface area contributed by atoms with Gasteiger partial charge >= 0.3 is 12.1 Å². The number of amides is 3. The molecule has 10 nitrogen and oxygen atoms in total. The van der Waals surface area contributed by atoms with Gasteiger partial charge in [0.1, 0.15) is 24.2 Å². The van der Waals surface area contributed by atoms with E-state index in [0.29, 0.717) is 5.56 Å². The van der Waals surface area contributed by atoms with E-state index in [4.69, 9.17) is 4.74 Å². The van der Waals surface area contributed by atoms with Crippen LogP contribution in [0.2, 0.25) is 0 Å². The molecule has 3 N–H and O–H groups in total. The first-order valence-electron chi connectivity index (χ1n) is 10.7. The van der Waals surface area contributed by atoms with Crippen molar-refractivity contribution in [2.75, 3.05) is 26.8 Å². The predicted octanol–water partition coefficient (Wildman–Crippen LogP) is 1.37. The molecule has 33 heavy (non-hydrogen) atoms. The molecule has 0 saturated heterocycles. The summed E-state index contributed by atoms with van der Waals surface area (Å²) in [5.74, 6) is -1.92. The van der Waals surface area contributed by atoms with Crippen LogP contribution in [-0.2, 0) is 23.9 Å². The van der Waals surface area contributed by atoms with Crippen LogP contribution in [0.1, 0.15) is 50.4 Å². The van der Waals surface area contributed by atoms with Gasteiger partial charge in [-0.2, -0.15) is 0 Å². The lowest BCUT2D eigenvalue weighted by atomic mass is 9.98. The van der Waals surface area contributed by atoms with Gasteiger partial charge in [0.05, 0.1) is 13.7 Å². The van der Waals surface area contributed by atoms with Crippen LogP contribution in [0.4, 0.5) is 4.79 Å². The SMILES string of the molecule is CCN(C(=O)C(CO)NC(=O)OC(C)(C)C)C(C(=O)NCC(=O)OC)c1ccc(C)c(C)c1. The summed E-state index contributed by atoms with van der Waals surface area (Å²) in [5, 5.41) is 14.6. The number of hydrogen-bond donors (Lipinski definition) is 3. The van der Waals surface area contributed by atoms with Gasteiger partial charge in [-0.15, -0.1) is 0 Å². The summed E-state index contributed by atoms with van der Waals surface area (Å²) in [5.41, 5.74) is 1.63. The normalized spacial score (nSPS) is 12.8. The standard InChI is InChI=1S/C23H35N3O7/c1-8-26(21(30)17(13-27)25-22(31)33-23(4,5)6)19(20(29)24-12-18(28)32-7)16-10-9-14(2)15(3)11-16/h9-11,17,19,27H,8,12-13H2,1-7H3,(H,24,29)(H,25,31). The van der Waals surface area contributed by atoms with Crippen LogP contribution in [0.3, 0.4) is 0 Å². The fourth-order valence-electron chi connectivity index (χ4n) is 3.04. The molecule has 0 aliphatic rings. The highest BCUT2D eigenvalue weighted by Crippen LogP contribution is 2.24. The van der Waals surface area contributed by atoms with E-state index in [-0.39, 0.29) is 13.1 Å². The maximum absolute atomic E-state index is 13.3. The fraction of sp³-hybridized carbons (Fsp3) is 0.565. The highest BCUT2D eigenvalue weighted by molar-refractivity contribution is 5.93. The second-order valence-corrected chi connectivity index (χ2v) is 8.55. The van der Waals surface area contributed by atoms with Crippen LogP contribution in [0, 0.1) is 13.8 Å². The van der Waals surface area contributed by atoms with Crippen LogP contribution in [0.25, 0.3) is 0 Å². The number of aliphatic hydroxyl groups excluding tert-OH is 1. The van der Waals surface area contributed by atoms with E-state index < -0.39 is 48.2 Å². The minimum absolute atomic E-state index is 0.0918. The van der Waals surface area contributed by atoms with Crippen LogP contribution >= 0.6 is 0 Å². The van der Waals surface area contributed by atoms with Crippen molar-refractivity contribution in [2.45, 2.75) is 59.2 Å². The number of aryl methyl sites for hydroxylation is 2. The molecular weight excluding hydrogens is 430 g/mol. The Morgan fingerprint density at radius 3 is 2.24 bits per heavy atom. The lowest BCUT2D eigenvalue weighted by molar-refractivity contribution is -0.145. The molecule has 0 fully saturated rings. The number of ether oxygens (including phenoxy) is 2. The van der Waals surface area contributed by atoms with E-state index in [1.807, 2.05) is 19.9 Å². The molecular formula is C23H35N3O7. The Hall–Kier alpha value is -3.14. The number of carbonyl (C=O) groups excluding carboxylic acids is 4. The second kappa shape index (κ2) is 12.2. The second-order valence-electron chi connectivity index (χ2n) is 8.55. The summed E-state index contributed by atoms with van der Waals surface area (Å²) in [6.07, 6.45) is -0.871. The van der Waals surface area contributed by atoms with Crippen molar-refractivity contribution in [1.82, 2.24) is 15.5 Å². The topological polar surface area (TPSA) is 134 Å². The van der Waals surface area contributed by atoms with Crippen molar-refractivity contribution in [3.63, 3.8) is 0 Å². The Morgan fingerprint density at radius 2 is 1.76 bits per heavy atom. The molecule has 0 heterocycles. The van der Waals surface area contributed by atoms with Gasteiger partial charge in [0.2, 0.25) is 11.8 Å². The zero-order chi connectivity index (χ0) is 25.3. The van der Waals surface area contributed by atoms with Crippen LogP contribution in [-0.4, -0.2) is 72.3 Å². The van der Waals surface area contributed by atoms with Crippen molar-refractivity contribution in [2.24, 2.45) is 0 Å². The Kier molecular flexibility index (Phi) is 10.3. The van der Waals surface area contributed by atoms with E-state index >= 15 is 0 Å². The minimum atomic E-state index is -1.33. The van der Waals surface area contributed by atoms with Crippen molar-refractivity contribution in [3.05, 3.63) is 34.9 Å². The van der Waals surface area contributed by atoms with Crippen LogP contribution in [0.15, 0.2) is 18.2 Å². The Labute approximate surface area is 194 Å². The number of likely N-dealkylation sites (N-methyl/N-ethyl adjacent to an activating group) is 1. The maximum atomic E-state index is 13.3. The quantitative estimate of drug-likeness (QED) is 0.469. The molecule has 2 atom stereocenters. The number of nitrogens with zero attached hydrogens (tertiary/aromatic N) is 1. The number of rotatable bonds is 9. The fourth-order valence-corrected chi connectivity index (χ4v) is 3.04. The Morgan fingerprint density at radius 1 is 1.12 bits per heavy atom. The van der Waals surface area contributed by atoms with Gasteiger partial charge < -0.3 is 30.1 Å². The number of methoxy groups -OCH3 is 1. The first kappa shape index (κ1) is 27.9. The molecule has 0 bridgehead atoms. The number of nitrogens with one attached hydrogen (secondary N) is 2. The third-order valence-corrected chi connectivity index (χ3v) is 4.84. The summed E-state index contributed by atoms with van der Waals surface area (Å²) in [4.78, 5) is 51.3. The van der Waals surface area contributed by atoms with E-state index in [1.165, 1.54) is 12.0 Å². The molecule has 2 unspecified atom stereocenters.